The number of ether oxygens (including phenoxy) is 1. The van der Waals surface area contributed by atoms with Crippen LogP contribution in [0.25, 0.3) is 11.4 Å². The number of rotatable bonds is 18. The van der Waals surface area contributed by atoms with E-state index in [9.17, 15) is 0 Å². The second-order valence-electron chi connectivity index (χ2n) is 9.89. The zero-order chi connectivity index (χ0) is 23.7. The summed E-state index contributed by atoms with van der Waals surface area (Å²) in [6, 6.07) is 8.21. The van der Waals surface area contributed by atoms with E-state index < -0.39 is 0 Å². The van der Waals surface area contributed by atoms with Gasteiger partial charge in [-0.3, -0.25) is 0 Å². The summed E-state index contributed by atoms with van der Waals surface area (Å²) in [7, 11) is 0. The highest BCUT2D eigenvalue weighted by molar-refractivity contribution is 5.55. The number of unbranched alkanes of at least 4 members (excludes halogenated alkanes) is 8. The number of hydrogen-bond acceptors (Lipinski definition) is 3. The van der Waals surface area contributed by atoms with Crippen LogP contribution in [0.1, 0.15) is 117 Å². The lowest BCUT2D eigenvalue weighted by Crippen LogP contribution is -2.11. The van der Waals surface area contributed by atoms with E-state index in [1.165, 1.54) is 82.6 Å². The van der Waals surface area contributed by atoms with E-state index >= 15 is 0 Å². The molecule has 2 atom stereocenters. The number of aryl methyl sites for hydroxylation is 1. The van der Waals surface area contributed by atoms with Gasteiger partial charge in [-0.1, -0.05) is 85.0 Å². The Balaban J connectivity index is 1.65. The molecule has 3 nitrogen and oxygen atoms in total. The Morgan fingerprint density at radius 1 is 0.727 bits per heavy atom. The standard InChI is InChI=1S/C30H48N2O/c1-5-7-8-14-17-26(4)33-29-21-19-28(20-22-29)30-31-23-27(24-32-30)18-15-12-10-9-11-13-16-25(3)6-2/h19-26H,5-18H2,1-4H3/t25?,26-/m1/s1. The van der Waals surface area contributed by atoms with Crippen LogP contribution < -0.4 is 4.74 Å². The van der Waals surface area contributed by atoms with Crippen LogP contribution >= 0.6 is 0 Å². The highest BCUT2D eigenvalue weighted by atomic mass is 16.5. The Kier molecular flexibility index (Phi) is 13.8. The van der Waals surface area contributed by atoms with Gasteiger partial charge in [-0.05, 0) is 68.4 Å². The van der Waals surface area contributed by atoms with E-state index in [1.807, 2.05) is 24.5 Å². The topological polar surface area (TPSA) is 35.0 Å². The molecule has 1 heterocycles. The fraction of sp³-hybridized carbons (Fsp3) is 0.667. The molecule has 0 saturated heterocycles. The zero-order valence-corrected chi connectivity index (χ0v) is 21.8. The van der Waals surface area contributed by atoms with Crippen molar-refractivity contribution in [2.75, 3.05) is 0 Å². The third-order valence-electron chi connectivity index (χ3n) is 6.73. The van der Waals surface area contributed by atoms with Crippen molar-refractivity contribution in [2.24, 2.45) is 5.92 Å². The molecule has 0 radical (unpaired) electrons. The first-order valence-electron chi connectivity index (χ1n) is 13.7. The van der Waals surface area contributed by atoms with Crippen LogP contribution in [0, 0.1) is 5.92 Å². The van der Waals surface area contributed by atoms with Gasteiger partial charge in [-0.15, -0.1) is 0 Å². The zero-order valence-electron chi connectivity index (χ0n) is 21.8. The molecule has 0 bridgehead atoms. The average molecular weight is 453 g/mol. The van der Waals surface area contributed by atoms with Crippen molar-refractivity contribution in [1.29, 1.82) is 0 Å². The number of aromatic nitrogens is 2. The Hall–Kier alpha value is -1.90. The maximum absolute atomic E-state index is 6.06. The van der Waals surface area contributed by atoms with Crippen LogP contribution in [0.5, 0.6) is 5.75 Å². The molecule has 1 unspecified atom stereocenters. The predicted octanol–water partition coefficient (Wildman–Crippen LogP) is 9.20. The van der Waals surface area contributed by atoms with Crippen LogP contribution in [-0.2, 0) is 6.42 Å². The van der Waals surface area contributed by atoms with Gasteiger partial charge in [0.2, 0.25) is 0 Å². The van der Waals surface area contributed by atoms with Gasteiger partial charge in [0.15, 0.2) is 5.82 Å². The Bertz CT molecular complexity index is 726. The second-order valence-corrected chi connectivity index (χ2v) is 9.89. The molecule has 1 aromatic carbocycles. The van der Waals surface area contributed by atoms with Gasteiger partial charge in [0.05, 0.1) is 6.10 Å². The van der Waals surface area contributed by atoms with Gasteiger partial charge < -0.3 is 4.74 Å². The quantitative estimate of drug-likeness (QED) is 0.211. The molecule has 0 aliphatic heterocycles. The molecule has 0 N–H and O–H groups in total. The highest BCUT2D eigenvalue weighted by Gasteiger charge is 2.06. The average Bonchev–Trinajstić information content (AvgIpc) is 2.84. The molecule has 184 valence electrons. The van der Waals surface area contributed by atoms with E-state index in [0.717, 1.165) is 35.9 Å². The summed E-state index contributed by atoms with van der Waals surface area (Å²) in [6.07, 6.45) is 22.4. The van der Waals surface area contributed by atoms with Gasteiger partial charge in [0.1, 0.15) is 5.75 Å². The minimum atomic E-state index is 0.257. The highest BCUT2D eigenvalue weighted by Crippen LogP contribution is 2.21. The third-order valence-corrected chi connectivity index (χ3v) is 6.73. The Labute approximate surface area is 203 Å². The Morgan fingerprint density at radius 3 is 2.00 bits per heavy atom. The molecule has 33 heavy (non-hydrogen) atoms. The lowest BCUT2D eigenvalue weighted by atomic mass is 9.99. The summed E-state index contributed by atoms with van der Waals surface area (Å²) in [5, 5.41) is 0. The number of hydrogen-bond donors (Lipinski definition) is 0. The molecule has 0 amide bonds. The van der Waals surface area contributed by atoms with Gasteiger partial charge in [-0.25, -0.2) is 9.97 Å². The Morgan fingerprint density at radius 2 is 1.33 bits per heavy atom. The number of benzene rings is 1. The van der Waals surface area contributed by atoms with Gasteiger partial charge in [0, 0.05) is 18.0 Å². The lowest BCUT2D eigenvalue weighted by Gasteiger charge is -2.14. The maximum Gasteiger partial charge on any atom is 0.159 e. The summed E-state index contributed by atoms with van der Waals surface area (Å²) in [4.78, 5) is 9.22. The summed E-state index contributed by atoms with van der Waals surface area (Å²) < 4.78 is 6.06. The van der Waals surface area contributed by atoms with Crippen LogP contribution in [0.3, 0.4) is 0 Å². The first-order chi connectivity index (χ1) is 16.1. The van der Waals surface area contributed by atoms with E-state index in [4.69, 9.17) is 4.74 Å². The maximum atomic E-state index is 6.06. The van der Waals surface area contributed by atoms with E-state index in [2.05, 4.69) is 49.8 Å². The van der Waals surface area contributed by atoms with Crippen LogP contribution in [0.15, 0.2) is 36.7 Å². The van der Waals surface area contributed by atoms with Crippen LogP contribution in [-0.4, -0.2) is 16.1 Å². The van der Waals surface area contributed by atoms with Crippen molar-refractivity contribution in [3.05, 3.63) is 42.2 Å². The van der Waals surface area contributed by atoms with Crippen molar-refractivity contribution >= 4 is 0 Å². The molecule has 0 aliphatic carbocycles. The second kappa shape index (κ2) is 16.7. The smallest absolute Gasteiger partial charge is 0.159 e. The molecule has 0 fully saturated rings. The molecule has 2 rings (SSSR count). The van der Waals surface area contributed by atoms with Gasteiger partial charge in [-0.2, -0.15) is 0 Å². The molecule has 3 heteroatoms. The summed E-state index contributed by atoms with van der Waals surface area (Å²) >= 11 is 0. The van der Waals surface area contributed by atoms with E-state index in [1.54, 1.807) is 0 Å². The minimum Gasteiger partial charge on any atom is -0.491 e. The molecular formula is C30H48N2O. The largest absolute Gasteiger partial charge is 0.491 e. The van der Waals surface area contributed by atoms with Crippen molar-refractivity contribution < 1.29 is 4.74 Å². The molecule has 0 spiro atoms. The summed E-state index contributed by atoms with van der Waals surface area (Å²) in [6.45, 7) is 9.07. The minimum absolute atomic E-state index is 0.257. The van der Waals surface area contributed by atoms with Crippen molar-refractivity contribution in [3.63, 3.8) is 0 Å². The van der Waals surface area contributed by atoms with Gasteiger partial charge in [0.25, 0.3) is 0 Å². The van der Waals surface area contributed by atoms with Crippen molar-refractivity contribution in [2.45, 2.75) is 124 Å². The lowest BCUT2D eigenvalue weighted by molar-refractivity contribution is 0.206. The third kappa shape index (κ3) is 11.7. The fourth-order valence-corrected chi connectivity index (χ4v) is 4.20. The SMILES string of the molecule is CCCCCC[C@@H](C)Oc1ccc(-c2ncc(CCCCCCCCC(C)CC)cn2)cc1. The van der Waals surface area contributed by atoms with Crippen molar-refractivity contribution in [1.82, 2.24) is 9.97 Å². The normalized spacial score (nSPS) is 13.1. The fourth-order valence-electron chi connectivity index (χ4n) is 4.20. The molecule has 2 aromatic rings. The first kappa shape index (κ1) is 27.3. The molecule has 1 aromatic heterocycles. The first-order valence-corrected chi connectivity index (χ1v) is 13.7. The van der Waals surface area contributed by atoms with Gasteiger partial charge >= 0.3 is 0 Å². The molecule has 0 saturated carbocycles. The number of nitrogens with zero attached hydrogens (tertiary/aromatic N) is 2. The molecule has 0 aliphatic rings. The summed E-state index contributed by atoms with van der Waals surface area (Å²) in [5.74, 6) is 2.62. The van der Waals surface area contributed by atoms with Crippen molar-refractivity contribution in [3.8, 4) is 17.1 Å². The van der Waals surface area contributed by atoms with E-state index in [-0.39, 0.29) is 6.10 Å². The predicted molar refractivity (Wildman–Crippen MR) is 142 cm³/mol. The van der Waals surface area contributed by atoms with Crippen LogP contribution in [0.4, 0.5) is 0 Å². The summed E-state index contributed by atoms with van der Waals surface area (Å²) in [5.41, 5.74) is 2.29. The monoisotopic (exact) mass is 452 g/mol. The van der Waals surface area contributed by atoms with Crippen LogP contribution in [0.2, 0.25) is 0 Å². The molecular weight excluding hydrogens is 404 g/mol. The van der Waals surface area contributed by atoms with E-state index in [0.29, 0.717) is 0 Å².